The summed E-state index contributed by atoms with van der Waals surface area (Å²) in [7, 11) is 0. The SMILES string of the molecule is Cc1ncc(NC(=O)c2c(C)ccn(Cc3ccc4c(c3)OCO4)c2=O)cn1. The highest BCUT2D eigenvalue weighted by Crippen LogP contribution is 2.32. The van der Waals surface area contributed by atoms with Crippen LogP contribution < -0.4 is 20.3 Å². The fourth-order valence-corrected chi connectivity index (χ4v) is 2.95. The van der Waals surface area contributed by atoms with Gasteiger partial charge in [-0.3, -0.25) is 9.59 Å². The summed E-state index contributed by atoms with van der Waals surface area (Å²) in [4.78, 5) is 33.7. The van der Waals surface area contributed by atoms with Crippen LogP contribution in [0.3, 0.4) is 0 Å². The summed E-state index contributed by atoms with van der Waals surface area (Å²) in [6, 6.07) is 7.25. The first-order valence-corrected chi connectivity index (χ1v) is 8.70. The van der Waals surface area contributed by atoms with E-state index in [1.54, 1.807) is 26.1 Å². The predicted molar refractivity (Wildman–Crippen MR) is 102 cm³/mol. The lowest BCUT2D eigenvalue weighted by molar-refractivity contribution is 0.102. The summed E-state index contributed by atoms with van der Waals surface area (Å²) in [6.07, 6.45) is 4.68. The minimum Gasteiger partial charge on any atom is -0.454 e. The maximum Gasteiger partial charge on any atom is 0.263 e. The van der Waals surface area contributed by atoms with Gasteiger partial charge in [0, 0.05) is 6.20 Å². The highest BCUT2D eigenvalue weighted by molar-refractivity contribution is 6.04. The smallest absolute Gasteiger partial charge is 0.263 e. The highest BCUT2D eigenvalue weighted by atomic mass is 16.7. The quantitative estimate of drug-likeness (QED) is 0.748. The van der Waals surface area contributed by atoms with Crippen LogP contribution in [-0.2, 0) is 6.54 Å². The molecule has 8 nitrogen and oxygen atoms in total. The number of fused-ring (bicyclic) bond motifs is 1. The second-order valence-corrected chi connectivity index (χ2v) is 6.47. The van der Waals surface area contributed by atoms with Crippen molar-refractivity contribution < 1.29 is 14.3 Å². The molecule has 0 bridgehead atoms. The first-order chi connectivity index (χ1) is 13.5. The Balaban J connectivity index is 1.61. The third-order valence-corrected chi connectivity index (χ3v) is 4.43. The van der Waals surface area contributed by atoms with Gasteiger partial charge in [0.05, 0.1) is 24.6 Å². The summed E-state index contributed by atoms with van der Waals surface area (Å²) in [5.41, 5.74) is 1.61. The summed E-state index contributed by atoms with van der Waals surface area (Å²) in [5.74, 6) is 1.44. The van der Waals surface area contributed by atoms with E-state index in [0.29, 0.717) is 35.1 Å². The Labute approximate surface area is 160 Å². The highest BCUT2D eigenvalue weighted by Gasteiger charge is 2.18. The van der Waals surface area contributed by atoms with Crippen LogP contribution in [0.5, 0.6) is 11.5 Å². The van der Waals surface area contributed by atoms with Gasteiger partial charge in [-0.25, -0.2) is 9.97 Å². The number of pyridine rings is 1. The third-order valence-electron chi connectivity index (χ3n) is 4.43. The molecule has 0 unspecified atom stereocenters. The number of nitrogens with zero attached hydrogens (tertiary/aromatic N) is 3. The Kier molecular flexibility index (Phi) is 4.52. The first kappa shape index (κ1) is 17.7. The fourth-order valence-electron chi connectivity index (χ4n) is 2.95. The normalized spacial score (nSPS) is 12.1. The van der Waals surface area contributed by atoms with Crippen LogP contribution in [0.25, 0.3) is 0 Å². The van der Waals surface area contributed by atoms with E-state index in [9.17, 15) is 9.59 Å². The molecule has 0 aliphatic carbocycles. The Hall–Kier alpha value is -3.68. The van der Waals surface area contributed by atoms with Crippen molar-refractivity contribution in [3.63, 3.8) is 0 Å². The molecule has 1 aromatic carbocycles. The number of aryl methyl sites for hydroxylation is 2. The molecule has 1 aliphatic rings. The minimum atomic E-state index is -0.491. The molecule has 1 N–H and O–H groups in total. The average molecular weight is 378 g/mol. The summed E-state index contributed by atoms with van der Waals surface area (Å²) in [5, 5.41) is 2.68. The molecular weight excluding hydrogens is 360 g/mol. The van der Waals surface area contributed by atoms with Crippen molar-refractivity contribution in [3.8, 4) is 11.5 Å². The summed E-state index contributed by atoms with van der Waals surface area (Å²) >= 11 is 0. The largest absolute Gasteiger partial charge is 0.454 e. The molecule has 8 heteroatoms. The number of benzene rings is 1. The zero-order valence-electron chi connectivity index (χ0n) is 15.4. The van der Waals surface area contributed by atoms with Gasteiger partial charge in [-0.1, -0.05) is 6.07 Å². The molecular formula is C20H18N4O4. The number of nitrogens with one attached hydrogen (secondary N) is 1. The Bertz CT molecular complexity index is 1110. The van der Waals surface area contributed by atoms with E-state index in [1.807, 2.05) is 18.2 Å². The Morgan fingerprint density at radius 3 is 2.68 bits per heavy atom. The third kappa shape index (κ3) is 3.44. The first-order valence-electron chi connectivity index (χ1n) is 8.70. The van der Waals surface area contributed by atoms with Crippen molar-refractivity contribution in [1.82, 2.24) is 14.5 Å². The number of amides is 1. The van der Waals surface area contributed by atoms with Crippen LogP contribution in [0.1, 0.15) is 27.3 Å². The van der Waals surface area contributed by atoms with E-state index >= 15 is 0 Å². The molecule has 142 valence electrons. The number of carbonyl (C=O) groups is 1. The number of hydrogen-bond acceptors (Lipinski definition) is 6. The number of carbonyl (C=O) groups excluding carboxylic acids is 1. The molecule has 0 atom stereocenters. The number of anilines is 1. The van der Waals surface area contributed by atoms with E-state index in [-0.39, 0.29) is 17.9 Å². The predicted octanol–water partition coefficient (Wildman–Crippen LogP) is 2.28. The lowest BCUT2D eigenvalue weighted by Gasteiger charge is -2.11. The van der Waals surface area contributed by atoms with Gasteiger partial charge >= 0.3 is 0 Å². The van der Waals surface area contributed by atoms with Crippen LogP contribution in [0, 0.1) is 13.8 Å². The molecule has 4 rings (SSSR count). The van der Waals surface area contributed by atoms with Gasteiger partial charge in [-0.2, -0.15) is 0 Å². The van der Waals surface area contributed by atoms with Crippen LogP contribution in [0.4, 0.5) is 5.69 Å². The van der Waals surface area contributed by atoms with E-state index in [4.69, 9.17) is 9.47 Å². The molecule has 0 saturated carbocycles. The number of ether oxygens (including phenoxy) is 2. The molecule has 3 aromatic rings. The Morgan fingerprint density at radius 1 is 1.14 bits per heavy atom. The van der Waals surface area contributed by atoms with E-state index < -0.39 is 5.91 Å². The lowest BCUT2D eigenvalue weighted by atomic mass is 10.1. The molecule has 0 radical (unpaired) electrons. The van der Waals surface area contributed by atoms with Gasteiger partial charge in [-0.15, -0.1) is 0 Å². The van der Waals surface area contributed by atoms with Crippen molar-refractivity contribution in [2.45, 2.75) is 20.4 Å². The van der Waals surface area contributed by atoms with E-state index in [0.717, 1.165) is 5.56 Å². The van der Waals surface area contributed by atoms with E-state index in [2.05, 4.69) is 15.3 Å². The van der Waals surface area contributed by atoms with Crippen molar-refractivity contribution in [2.75, 3.05) is 12.1 Å². The molecule has 28 heavy (non-hydrogen) atoms. The van der Waals surface area contributed by atoms with Gasteiger partial charge in [0.1, 0.15) is 11.4 Å². The molecule has 1 aliphatic heterocycles. The number of rotatable bonds is 4. The zero-order chi connectivity index (χ0) is 19.7. The summed E-state index contributed by atoms with van der Waals surface area (Å²) < 4.78 is 12.2. The maximum atomic E-state index is 12.9. The standard InChI is InChI=1S/C20H18N4O4/c1-12-5-6-24(10-14-3-4-16-17(7-14)28-11-27-16)20(26)18(12)19(25)23-15-8-21-13(2)22-9-15/h3-9H,10-11H2,1-2H3,(H,23,25). The number of aromatic nitrogens is 3. The maximum absolute atomic E-state index is 12.9. The van der Waals surface area contributed by atoms with Crippen LogP contribution >= 0.6 is 0 Å². The van der Waals surface area contributed by atoms with Gasteiger partial charge in [0.25, 0.3) is 11.5 Å². The molecule has 0 fully saturated rings. The van der Waals surface area contributed by atoms with Crippen LogP contribution in [0.2, 0.25) is 0 Å². The van der Waals surface area contributed by atoms with Crippen molar-refractivity contribution in [2.24, 2.45) is 0 Å². The van der Waals surface area contributed by atoms with Crippen LogP contribution in [-0.4, -0.2) is 27.2 Å². The topological polar surface area (TPSA) is 95.3 Å². The van der Waals surface area contributed by atoms with Crippen molar-refractivity contribution in [3.05, 3.63) is 75.7 Å². The van der Waals surface area contributed by atoms with Gasteiger partial charge < -0.3 is 19.4 Å². The molecule has 3 heterocycles. The number of hydrogen-bond donors (Lipinski definition) is 1. The molecule has 0 spiro atoms. The van der Waals surface area contributed by atoms with E-state index in [1.165, 1.54) is 17.0 Å². The average Bonchev–Trinajstić information content (AvgIpc) is 3.14. The molecule has 0 saturated heterocycles. The second kappa shape index (κ2) is 7.15. The monoisotopic (exact) mass is 378 g/mol. The zero-order valence-corrected chi connectivity index (χ0v) is 15.4. The van der Waals surface area contributed by atoms with Gasteiger partial charge in [-0.05, 0) is 43.2 Å². The Morgan fingerprint density at radius 2 is 1.89 bits per heavy atom. The van der Waals surface area contributed by atoms with Crippen molar-refractivity contribution >= 4 is 11.6 Å². The molecule has 1 amide bonds. The van der Waals surface area contributed by atoms with Crippen molar-refractivity contribution in [1.29, 1.82) is 0 Å². The van der Waals surface area contributed by atoms with Gasteiger partial charge in [0.15, 0.2) is 11.5 Å². The molecule has 2 aromatic heterocycles. The van der Waals surface area contributed by atoms with Gasteiger partial charge in [0.2, 0.25) is 6.79 Å². The minimum absolute atomic E-state index is 0.0869. The second-order valence-electron chi connectivity index (χ2n) is 6.47. The fraction of sp³-hybridized carbons (Fsp3) is 0.200. The lowest BCUT2D eigenvalue weighted by Crippen LogP contribution is -2.30. The van der Waals surface area contributed by atoms with Crippen LogP contribution in [0.15, 0.2) is 47.7 Å². The summed E-state index contributed by atoms with van der Waals surface area (Å²) in [6.45, 7) is 3.98.